The van der Waals surface area contributed by atoms with Gasteiger partial charge in [0.25, 0.3) is 0 Å². The van der Waals surface area contributed by atoms with Gasteiger partial charge in [0.15, 0.2) is 0 Å². The molecular weight excluding hydrogens is 230 g/mol. The number of aryl methyl sites for hydroxylation is 2. The van der Waals surface area contributed by atoms with Gasteiger partial charge in [-0.25, -0.2) is 0 Å². The summed E-state index contributed by atoms with van der Waals surface area (Å²) in [6.07, 6.45) is 0.765. The Labute approximate surface area is 99.4 Å². The second kappa shape index (κ2) is 5.32. The Balaban J connectivity index is 2.74. The van der Waals surface area contributed by atoms with E-state index in [1.54, 1.807) is 18.7 Å². The summed E-state index contributed by atoms with van der Waals surface area (Å²) in [5, 5.41) is 16.5. The van der Waals surface area contributed by atoms with Crippen LogP contribution in [0.3, 0.4) is 0 Å². The fourth-order valence-corrected chi connectivity index (χ4v) is 1.71. The third kappa shape index (κ3) is 2.74. The van der Waals surface area contributed by atoms with Crippen molar-refractivity contribution in [2.45, 2.75) is 32.9 Å². The number of nitrogens with one attached hydrogen (secondary N) is 1. The topological polar surface area (TPSA) is 67.2 Å². The highest BCUT2D eigenvalue weighted by Crippen LogP contribution is 2.20. The molecule has 5 nitrogen and oxygen atoms in total. The molecule has 0 unspecified atom stereocenters. The third-order valence-electron chi connectivity index (χ3n) is 2.45. The summed E-state index contributed by atoms with van der Waals surface area (Å²) in [6, 6.07) is -0.601. The van der Waals surface area contributed by atoms with Crippen LogP contribution in [0.4, 0.5) is 0 Å². The second-order valence-electron chi connectivity index (χ2n) is 3.63. The molecule has 0 radical (unpaired) electrons. The number of rotatable bonds is 5. The molecule has 0 aliphatic heterocycles. The second-order valence-corrected chi connectivity index (χ2v) is 4.00. The van der Waals surface area contributed by atoms with Crippen molar-refractivity contribution >= 4 is 17.6 Å². The normalized spacial score (nSPS) is 12.8. The largest absolute Gasteiger partial charge is 0.480 e. The van der Waals surface area contributed by atoms with Crippen LogP contribution in [0.15, 0.2) is 0 Å². The molecule has 0 saturated carbocycles. The summed E-state index contributed by atoms with van der Waals surface area (Å²) in [7, 11) is 1.80. The summed E-state index contributed by atoms with van der Waals surface area (Å²) in [4.78, 5) is 10.6. The molecule has 0 fully saturated rings. The molecule has 90 valence electrons. The summed E-state index contributed by atoms with van der Waals surface area (Å²) in [5.74, 6) is -0.881. The molecule has 0 aliphatic carbocycles. The number of halogens is 1. The molecule has 0 aromatic carbocycles. The highest BCUT2D eigenvalue weighted by molar-refractivity contribution is 6.31. The Morgan fingerprint density at radius 2 is 2.31 bits per heavy atom. The minimum atomic E-state index is -0.881. The first kappa shape index (κ1) is 13.0. The van der Waals surface area contributed by atoms with Crippen LogP contribution in [0.2, 0.25) is 5.02 Å². The van der Waals surface area contributed by atoms with E-state index in [9.17, 15) is 4.79 Å². The third-order valence-corrected chi connectivity index (χ3v) is 2.89. The Kier molecular flexibility index (Phi) is 4.32. The molecule has 0 saturated heterocycles. The van der Waals surface area contributed by atoms with E-state index in [0.29, 0.717) is 11.6 Å². The van der Waals surface area contributed by atoms with Crippen molar-refractivity contribution in [1.82, 2.24) is 15.1 Å². The van der Waals surface area contributed by atoms with Gasteiger partial charge in [-0.1, -0.05) is 18.5 Å². The molecule has 2 N–H and O–H groups in total. The molecular formula is C10H16ClN3O2. The highest BCUT2D eigenvalue weighted by Gasteiger charge is 2.15. The lowest BCUT2D eigenvalue weighted by Gasteiger charge is -2.09. The maximum absolute atomic E-state index is 10.6. The van der Waals surface area contributed by atoms with Gasteiger partial charge in [-0.3, -0.25) is 14.8 Å². The first-order valence-electron chi connectivity index (χ1n) is 5.13. The van der Waals surface area contributed by atoms with Crippen LogP contribution in [0.1, 0.15) is 25.2 Å². The van der Waals surface area contributed by atoms with Crippen LogP contribution in [0, 0.1) is 0 Å². The lowest BCUT2D eigenvalue weighted by Crippen LogP contribution is -2.33. The molecule has 0 bridgehead atoms. The molecule has 6 heteroatoms. The number of carboxylic acid groups (broad SMARTS) is 1. The van der Waals surface area contributed by atoms with E-state index in [2.05, 4.69) is 10.4 Å². The molecule has 1 heterocycles. The molecule has 0 aliphatic rings. The van der Waals surface area contributed by atoms with Crippen molar-refractivity contribution in [3.8, 4) is 0 Å². The number of carbonyl (C=O) groups is 1. The fraction of sp³-hybridized carbons (Fsp3) is 0.600. The van der Waals surface area contributed by atoms with Crippen LogP contribution in [0.25, 0.3) is 0 Å². The fourth-order valence-electron chi connectivity index (χ4n) is 1.35. The number of carboxylic acids is 1. The van der Waals surface area contributed by atoms with Gasteiger partial charge in [0, 0.05) is 13.6 Å². The van der Waals surface area contributed by atoms with E-state index in [-0.39, 0.29) is 0 Å². The monoisotopic (exact) mass is 245 g/mol. The van der Waals surface area contributed by atoms with E-state index in [1.165, 1.54) is 0 Å². The molecule has 16 heavy (non-hydrogen) atoms. The Morgan fingerprint density at radius 3 is 2.75 bits per heavy atom. The maximum Gasteiger partial charge on any atom is 0.320 e. The van der Waals surface area contributed by atoms with Crippen molar-refractivity contribution in [3.63, 3.8) is 0 Å². The quantitative estimate of drug-likeness (QED) is 0.818. The first-order chi connectivity index (χ1) is 7.47. The minimum Gasteiger partial charge on any atom is -0.480 e. The van der Waals surface area contributed by atoms with Crippen molar-refractivity contribution in [2.75, 3.05) is 0 Å². The van der Waals surface area contributed by atoms with Crippen molar-refractivity contribution in [1.29, 1.82) is 0 Å². The number of hydrogen-bond donors (Lipinski definition) is 2. The summed E-state index contributed by atoms with van der Waals surface area (Å²) in [5.41, 5.74) is 1.65. The van der Waals surface area contributed by atoms with E-state index in [4.69, 9.17) is 16.7 Å². The SMILES string of the molecule is CCc1nn(C)c(CN[C@H](C)C(=O)O)c1Cl. The van der Waals surface area contributed by atoms with Gasteiger partial charge in [-0.2, -0.15) is 5.10 Å². The van der Waals surface area contributed by atoms with Crippen molar-refractivity contribution in [3.05, 3.63) is 16.4 Å². The standard InChI is InChI=1S/C10H16ClN3O2/c1-4-7-9(11)8(14(3)13-7)5-12-6(2)10(15)16/h6,12H,4-5H2,1-3H3,(H,15,16)/t6-/m1/s1. The van der Waals surface area contributed by atoms with E-state index in [1.807, 2.05) is 6.92 Å². The summed E-state index contributed by atoms with van der Waals surface area (Å²) < 4.78 is 1.68. The molecule has 1 atom stereocenters. The van der Waals surface area contributed by atoms with Crippen LogP contribution < -0.4 is 5.32 Å². The zero-order valence-corrected chi connectivity index (χ0v) is 10.4. The molecule has 0 amide bonds. The summed E-state index contributed by atoms with van der Waals surface area (Å²) >= 11 is 6.12. The van der Waals surface area contributed by atoms with Crippen LogP contribution in [-0.2, 0) is 24.8 Å². The van der Waals surface area contributed by atoms with Gasteiger partial charge in [-0.15, -0.1) is 0 Å². The molecule has 1 rings (SSSR count). The van der Waals surface area contributed by atoms with E-state index in [0.717, 1.165) is 17.8 Å². The average molecular weight is 246 g/mol. The number of hydrogen-bond acceptors (Lipinski definition) is 3. The van der Waals surface area contributed by atoms with Gasteiger partial charge >= 0.3 is 5.97 Å². The number of aliphatic carboxylic acids is 1. The molecule has 1 aromatic rings. The van der Waals surface area contributed by atoms with Crippen molar-refractivity contribution in [2.24, 2.45) is 7.05 Å². The lowest BCUT2D eigenvalue weighted by molar-refractivity contribution is -0.139. The zero-order valence-electron chi connectivity index (χ0n) is 9.62. The van der Waals surface area contributed by atoms with Gasteiger partial charge in [-0.05, 0) is 13.3 Å². The van der Waals surface area contributed by atoms with Crippen molar-refractivity contribution < 1.29 is 9.90 Å². The first-order valence-corrected chi connectivity index (χ1v) is 5.51. The van der Waals surface area contributed by atoms with Crippen LogP contribution in [-0.4, -0.2) is 26.9 Å². The van der Waals surface area contributed by atoms with E-state index < -0.39 is 12.0 Å². The number of aromatic nitrogens is 2. The minimum absolute atomic E-state index is 0.399. The Hall–Kier alpha value is -1.07. The Morgan fingerprint density at radius 1 is 1.69 bits per heavy atom. The Bertz CT molecular complexity index is 390. The predicted octanol–water partition coefficient (Wildman–Crippen LogP) is 1.20. The highest BCUT2D eigenvalue weighted by atomic mass is 35.5. The number of nitrogens with zero attached hydrogens (tertiary/aromatic N) is 2. The average Bonchev–Trinajstić information content (AvgIpc) is 2.51. The van der Waals surface area contributed by atoms with Gasteiger partial charge in [0.1, 0.15) is 6.04 Å². The van der Waals surface area contributed by atoms with Crippen LogP contribution in [0.5, 0.6) is 0 Å². The molecule has 0 spiro atoms. The zero-order chi connectivity index (χ0) is 12.3. The summed E-state index contributed by atoms with van der Waals surface area (Å²) in [6.45, 7) is 3.97. The lowest BCUT2D eigenvalue weighted by atomic mass is 10.3. The predicted molar refractivity (Wildman–Crippen MR) is 61.5 cm³/mol. The van der Waals surface area contributed by atoms with E-state index >= 15 is 0 Å². The molecule has 1 aromatic heterocycles. The smallest absolute Gasteiger partial charge is 0.320 e. The van der Waals surface area contributed by atoms with Gasteiger partial charge in [0.2, 0.25) is 0 Å². The van der Waals surface area contributed by atoms with Gasteiger partial charge in [0.05, 0.1) is 16.4 Å². The van der Waals surface area contributed by atoms with Gasteiger partial charge < -0.3 is 5.11 Å². The maximum atomic E-state index is 10.6. The van der Waals surface area contributed by atoms with Crippen LogP contribution >= 0.6 is 11.6 Å².